The van der Waals surface area contributed by atoms with E-state index in [9.17, 15) is 4.79 Å². The fourth-order valence-electron chi connectivity index (χ4n) is 3.20. The quantitative estimate of drug-likeness (QED) is 0.807. The van der Waals surface area contributed by atoms with Crippen LogP contribution in [0.15, 0.2) is 24.8 Å². The number of nitrogens with one attached hydrogen (secondary N) is 2. The van der Waals surface area contributed by atoms with Crippen molar-refractivity contribution in [2.45, 2.75) is 24.9 Å². The number of hydrogen-bond acceptors (Lipinski definition) is 4. The van der Waals surface area contributed by atoms with Crippen molar-refractivity contribution in [3.05, 3.63) is 30.5 Å². The van der Waals surface area contributed by atoms with Gasteiger partial charge in [-0.2, -0.15) is 0 Å². The molecule has 0 aromatic carbocycles. The maximum Gasteiger partial charge on any atom is 0.270 e. The van der Waals surface area contributed by atoms with Gasteiger partial charge in [0.1, 0.15) is 17.7 Å². The van der Waals surface area contributed by atoms with Crippen molar-refractivity contribution in [3.63, 3.8) is 0 Å². The van der Waals surface area contributed by atoms with Crippen molar-refractivity contribution in [3.8, 4) is 0 Å². The highest BCUT2D eigenvalue weighted by molar-refractivity contribution is 5.93. The highest BCUT2D eigenvalue weighted by Gasteiger charge is 2.40. The lowest BCUT2D eigenvalue weighted by atomic mass is 10.0. The van der Waals surface area contributed by atoms with Gasteiger partial charge < -0.3 is 10.6 Å². The van der Waals surface area contributed by atoms with E-state index in [1.54, 1.807) is 23.0 Å². The Morgan fingerprint density at radius 1 is 1.42 bits per heavy atom. The predicted octanol–water partition coefficient (Wildman–Crippen LogP) is 0.209. The second-order valence-corrected chi connectivity index (χ2v) is 5.38. The molecular formula is C13H15N5O. The Morgan fingerprint density at radius 2 is 2.37 bits per heavy atom. The topological polar surface area (TPSA) is 71.3 Å². The fourth-order valence-corrected chi connectivity index (χ4v) is 3.20. The van der Waals surface area contributed by atoms with Gasteiger partial charge in [0, 0.05) is 37.1 Å². The average molecular weight is 257 g/mol. The zero-order chi connectivity index (χ0) is 12.8. The maximum absolute atomic E-state index is 12.2. The molecule has 2 aromatic rings. The third kappa shape index (κ3) is 1.79. The Labute approximate surface area is 110 Å². The van der Waals surface area contributed by atoms with E-state index in [2.05, 4.69) is 20.6 Å². The molecule has 4 rings (SSSR count). The van der Waals surface area contributed by atoms with Gasteiger partial charge in [-0.15, -0.1) is 0 Å². The van der Waals surface area contributed by atoms with E-state index >= 15 is 0 Å². The summed E-state index contributed by atoms with van der Waals surface area (Å²) in [5.74, 6) is 0.479. The van der Waals surface area contributed by atoms with Crippen LogP contribution in [-0.4, -0.2) is 38.9 Å². The Balaban J connectivity index is 1.53. The molecule has 0 radical (unpaired) electrons. The molecule has 3 heterocycles. The van der Waals surface area contributed by atoms with Crippen LogP contribution in [0.25, 0.3) is 5.65 Å². The third-order valence-electron chi connectivity index (χ3n) is 4.20. The van der Waals surface area contributed by atoms with Crippen molar-refractivity contribution >= 4 is 11.6 Å². The second-order valence-electron chi connectivity index (χ2n) is 5.38. The summed E-state index contributed by atoms with van der Waals surface area (Å²) < 4.78 is 1.79. The second kappa shape index (κ2) is 4.03. The summed E-state index contributed by atoms with van der Waals surface area (Å²) in [4.78, 5) is 20.6. The molecule has 3 atom stereocenters. The number of fused-ring (bicyclic) bond motifs is 3. The van der Waals surface area contributed by atoms with E-state index in [4.69, 9.17) is 0 Å². The van der Waals surface area contributed by atoms with E-state index in [0.717, 1.165) is 18.6 Å². The molecule has 2 bridgehead atoms. The first-order valence-corrected chi connectivity index (χ1v) is 6.62. The molecule has 2 aromatic heterocycles. The molecule has 1 amide bonds. The summed E-state index contributed by atoms with van der Waals surface area (Å²) in [6.07, 6.45) is 7.34. The highest BCUT2D eigenvalue weighted by atomic mass is 16.1. The molecule has 0 spiro atoms. The number of imidazole rings is 1. The molecule has 1 saturated heterocycles. The lowest BCUT2D eigenvalue weighted by molar-refractivity contribution is 0.0920. The van der Waals surface area contributed by atoms with Crippen molar-refractivity contribution in [1.29, 1.82) is 0 Å². The van der Waals surface area contributed by atoms with Crippen LogP contribution in [0.1, 0.15) is 23.3 Å². The van der Waals surface area contributed by atoms with Crippen LogP contribution in [0.3, 0.4) is 0 Å². The van der Waals surface area contributed by atoms with Gasteiger partial charge >= 0.3 is 0 Å². The largest absolute Gasteiger partial charge is 0.348 e. The fraction of sp³-hybridized carbons (Fsp3) is 0.462. The molecule has 2 aliphatic rings. The molecule has 2 N–H and O–H groups in total. The van der Waals surface area contributed by atoms with Crippen LogP contribution >= 0.6 is 0 Å². The number of rotatable bonds is 2. The Morgan fingerprint density at radius 3 is 3.16 bits per heavy atom. The van der Waals surface area contributed by atoms with Gasteiger partial charge in [0.15, 0.2) is 0 Å². The normalized spacial score (nSPS) is 28.9. The minimum atomic E-state index is -0.0944. The van der Waals surface area contributed by atoms with Gasteiger partial charge in [0.05, 0.1) is 0 Å². The summed E-state index contributed by atoms with van der Waals surface area (Å²) in [6, 6.07) is 2.59. The van der Waals surface area contributed by atoms with Crippen LogP contribution in [0.4, 0.5) is 0 Å². The van der Waals surface area contributed by atoms with Gasteiger partial charge in [-0.3, -0.25) is 9.20 Å². The van der Waals surface area contributed by atoms with Gasteiger partial charge in [-0.1, -0.05) is 0 Å². The molecule has 6 heteroatoms. The van der Waals surface area contributed by atoms with E-state index in [1.165, 1.54) is 6.42 Å². The standard InChI is InChI=1S/C13H15N5O/c19-13(17-10-4-9-3-8(10)6-15-9)11-5-12-14-1-2-18(12)7-16-11/h1-2,5,7-10,15H,3-4,6H2,(H,17,19)/t8-,9-,10-/m1/s1. The first kappa shape index (κ1) is 10.9. The van der Waals surface area contributed by atoms with E-state index < -0.39 is 0 Å². The Kier molecular flexibility index (Phi) is 2.32. The van der Waals surface area contributed by atoms with Gasteiger partial charge in [0.25, 0.3) is 5.91 Å². The van der Waals surface area contributed by atoms with Crippen LogP contribution < -0.4 is 10.6 Å². The number of nitrogens with zero attached hydrogens (tertiary/aromatic N) is 3. The van der Waals surface area contributed by atoms with E-state index in [0.29, 0.717) is 17.7 Å². The monoisotopic (exact) mass is 257 g/mol. The summed E-state index contributed by atoms with van der Waals surface area (Å²) in [5.41, 5.74) is 1.18. The number of hydrogen-bond donors (Lipinski definition) is 2. The minimum absolute atomic E-state index is 0.0944. The molecule has 98 valence electrons. The first-order valence-electron chi connectivity index (χ1n) is 6.62. The van der Waals surface area contributed by atoms with Gasteiger partial charge in [0.2, 0.25) is 0 Å². The number of carbonyl (C=O) groups excluding carboxylic acids is 1. The first-order chi connectivity index (χ1) is 9.29. The molecule has 1 aliphatic carbocycles. The zero-order valence-electron chi connectivity index (χ0n) is 10.4. The summed E-state index contributed by atoms with van der Waals surface area (Å²) in [6.45, 7) is 1.02. The lowest BCUT2D eigenvalue weighted by Gasteiger charge is -2.23. The van der Waals surface area contributed by atoms with Crippen LogP contribution in [0.2, 0.25) is 0 Å². The molecule has 0 unspecified atom stereocenters. The number of aromatic nitrogens is 3. The van der Waals surface area contributed by atoms with Crippen molar-refractivity contribution in [2.24, 2.45) is 5.92 Å². The molecule has 2 fully saturated rings. The number of amides is 1. The molecule has 6 nitrogen and oxygen atoms in total. The number of piperidine rings is 1. The minimum Gasteiger partial charge on any atom is -0.348 e. The summed E-state index contributed by atoms with van der Waals surface area (Å²) in [5, 5.41) is 6.54. The van der Waals surface area contributed by atoms with E-state index in [1.807, 2.05) is 6.20 Å². The lowest BCUT2D eigenvalue weighted by Crippen LogP contribution is -2.44. The Hall–Kier alpha value is -1.95. The maximum atomic E-state index is 12.2. The SMILES string of the molecule is O=C(N[C@@H]1C[C@H]2C[C@@H]1CN2)c1cc2nccn2cn1. The summed E-state index contributed by atoms with van der Waals surface area (Å²) >= 11 is 0. The smallest absolute Gasteiger partial charge is 0.270 e. The predicted molar refractivity (Wildman–Crippen MR) is 68.8 cm³/mol. The van der Waals surface area contributed by atoms with E-state index in [-0.39, 0.29) is 11.9 Å². The molecule has 1 aliphatic heterocycles. The molecular weight excluding hydrogens is 242 g/mol. The highest BCUT2D eigenvalue weighted by Crippen LogP contribution is 2.31. The van der Waals surface area contributed by atoms with Crippen molar-refractivity contribution in [1.82, 2.24) is 25.0 Å². The summed E-state index contributed by atoms with van der Waals surface area (Å²) in [7, 11) is 0. The van der Waals surface area contributed by atoms with Crippen LogP contribution in [0.5, 0.6) is 0 Å². The third-order valence-corrected chi connectivity index (χ3v) is 4.20. The van der Waals surface area contributed by atoms with Gasteiger partial charge in [-0.05, 0) is 18.8 Å². The zero-order valence-corrected chi connectivity index (χ0v) is 10.4. The van der Waals surface area contributed by atoms with Crippen molar-refractivity contribution in [2.75, 3.05) is 6.54 Å². The Bertz CT molecular complexity index is 637. The number of carbonyl (C=O) groups is 1. The van der Waals surface area contributed by atoms with Crippen LogP contribution in [-0.2, 0) is 0 Å². The van der Waals surface area contributed by atoms with Crippen LogP contribution in [0, 0.1) is 5.92 Å². The van der Waals surface area contributed by atoms with Gasteiger partial charge in [-0.25, -0.2) is 9.97 Å². The molecule has 1 saturated carbocycles. The average Bonchev–Trinajstić information content (AvgIpc) is 3.13. The molecule has 19 heavy (non-hydrogen) atoms. The van der Waals surface area contributed by atoms with Crippen molar-refractivity contribution < 1.29 is 4.79 Å².